The second-order valence-electron chi connectivity index (χ2n) is 1.92. The van der Waals surface area contributed by atoms with Crippen LogP contribution in [0.2, 0.25) is 0 Å². The van der Waals surface area contributed by atoms with Gasteiger partial charge in [-0.15, -0.1) is 0 Å². The summed E-state index contributed by atoms with van der Waals surface area (Å²) in [6, 6.07) is 0. The standard InChI is InChI=1S/C6H8N2O2/c1-5(9)4-10-6-2-7-8-3-6/h2-3H,4H2,1H3,(H,7,8). The third-order valence-electron chi connectivity index (χ3n) is 0.915. The summed E-state index contributed by atoms with van der Waals surface area (Å²) in [4.78, 5) is 10.4. The fourth-order valence-electron chi connectivity index (χ4n) is 0.503. The van der Waals surface area contributed by atoms with Gasteiger partial charge in [-0.05, 0) is 6.92 Å². The number of rotatable bonds is 3. The van der Waals surface area contributed by atoms with Crippen molar-refractivity contribution in [1.82, 2.24) is 10.2 Å². The number of ketones is 1. The summed E-state index contributed by atoms with van der Waals surface area (Å²) in [5.41, 5.74) is 0. The van der Waals surface area contributed by atoms with E-state index in [4.69, 9.17) is 4.74 Å². The van der Waals surface area contributed by atoms with E-state index in [0.29, 0.717) is 5.75 Å². The summed E-state index contributed by atoms with van der Waals surface area (Å²) in [7, 11) is 0. The normalized spacial score (nSPS) is 9.30. The van der Waals surface area contributed by atoms with E-state index in [0.717, 1.165) is 0 Å². The van der Waals surface area contributed by atoms with Gasteiger partial charge < -0.3 is 4.74 Å². The lowest BCUT2D eigenvalue weighted by atomic mass is 10.5. The highest BCUT2D eigenvalue weighted by molar-refractivity contribution is 5.77. The van der Waals surface area contributed by atoms with Crippen LogP contribution in [0.25, 0.3) is 0 Å². The third-order valence-corrected chi connectivity index (χ3v) is 0.915. The van der Waals surface area contributed by atoms with Crippen LogP contribution in [0.5, 0.6) is 5.75 Å². The molecule has 0 saturated heterocycles. The van der Waals surface area contributed by atoms with Crippen LogP contribution < -0.4 is 4.74 Å². The van der Waals surface area contributed by atoms with Crippen LogP contribution in [-0.2, 0) is 4.79 Å². The average Bonchev–Trinajstić information content (AvgIpc) is 2.34. The van der Waals surface area contributed by atoms with E-state index in [-0.39, 0.29) is 12.4 Å². The van der Waals surface area contributed by atoms with Gasteiger partial charge in [0.25, 0.3) is 0 Å². The number of carbonyl (C=O) groups excluding carboxylic acids is 1. The second-order valence-corrected chi connectivity index (χ2v) is 1.92. The van der Waals surface area contributed by atoms with Crippen LogP contribution in [0.1, 0.15) is 6.92 Å². The Morgan fingerprint density at radius 1 is 1.90 bits per heavy atom. The summed E-state index contributed by atoms with van der Waals surface area (Å²) >= 11 is 0. The quantitative estimate of drug-likeness (QED) is 0.660. The van der Waals surface area contributed by atoms with Gasteiger partial charge in [0.1, 0.15) is 6.61 Å². The molecule has 1 rings (SSSR count). The van der Waals surface area contributed by atoms with Crippen molar-refractivity contribution in [3.05, 3.63) is 12.4 Å². The molecule has 0 bridgehead atoms. The molecule has 4 heteroatoms. The highest BCUT2D eigenvalue weighted by Crippen LogP contribution is 2.03. The van der Waals surface area contributed by atoms with Crippen LogP contribution in [-0.4, -0.2) is 22.6 Å². The molecule has 0 radical (unpaired) electrons. The predicted octanol–water partition coefficient (Wildman–Crippen LogP) is 0.377. The minimum absolute atomic E-state index is 0.00111. The van der Waals surface area contributed by atoms with Crippen molar-refractivity contribution in [2.24, 2.45) is 0 Å². The van der Waals surface area contributed by atoms with Crippen molar-refractivity contribution < 1.29 is 9.53 Å². The first-order chi connectivity index (χ1) is 4.79. The maximum absolute atomic E-state index is 10.4. The number of ether oxygens (including phenoxy) is 1. The maximum Gasteiger partial charge on any atom is 0.167 e. The number of nitrogens with one attached hydrogen (secondary N) is 1. The molecule has 0 fully saturated rings. The third kappa shape index (κ3) is 1.89. The van der Waals surface area contributed by atoms with E-state index in [2.05, 4.69) is 10.2 Å². The summed E-state index contributed by atoms with van der Waals surface area (Å²) in [5.74, 6) is 0.594. The van der Waals surface area contributed by atoms with Gasteiger partial charge in [0.2, 0.25) is 0 Å². The lowest BCUT2D eigenvalue weighted by Gasteiger charge is -1.96. The maximum atomic E-state index is 10.4. The minimum atomic E-state index is 0.00111. The highest BCUT2D eigenvalue weighted by Gasteiger charge is 1.95. The SMILES string of the molecule is CC(=O)COc1cn[nH]c1. The van der Waals surface area contributed by atoms with Crippen LogP contribution in [0.3, 0.4) is 0 Å². The summed E-state index contributed by atoms with van der Waals surface area (Å²) in [6.07, 6.45) is 3.10. The Balaban J connectivity index is 2.35. The Bertz CT molecular complexity index is 206. The van der Waals surface area contributed by atoms with E-state index >= 15 is 0 Å². The molecule has 54 valence electrons. The highest BCUT2D eigenvalue weighted by atomic mass is 16.5. The molecular formula is C6H8N2O2. The molecule has 0 atom stereocenters. The zero-order chi connectivity index (χ0) is 7.40. The molecule has 10 heavy (non-hydrogen) atoms. The fraction of sp³-hybridized carbons (Fsp3) is 0.333. The Morgan fingerprint density at radius 3 is 3.20 bits per heavy atom. The first-order valence-electron chi connectivity index (χ1n) is 2.90. The summed E-state index contributed by atoms with van der Waals surface area (Å²) < 4.78 is 4.96. The lowest BCUT2D eigenvalue weighted by Crippen LogP contribution is -2.05. The number of hydrogen-bond donors (Lipinski definition) is 1. The molecule has 0 unspecified atom stereocenters. The first kappa shape index (κ1) is 6.80. The molecular weight excluding hydrogens is 132 g/mol. The molecule has 0 spiro atoms. The number of H-pyrrole nitrogens is 1. The number of aromatic amines is 1. The van der Waals surface area contributed by atoms with Gasteiger partial charge in [-0.25, -0.2) is 0 Å². The number of nitrogens with zero attached hydrogens (tertiary/aromatic N) is 1. The van der Waals surface area contributed by atoms with Crippen LogP contribution >= 0.6 is 0 Å². The number of Topliss-reactive ketones (excluding diaryl/α,β-unsaturated/α-hetero) is 1. The molecule has 0 aliphatic heterocycles. The molecule has 0 aliphatic carbocycles. The van der Waals surface area contributed by atoms with E-state index in [1.165, 1.54) is 13.1 Å². The second kappa shape index (κ2) is 3.00. The lowest BCUT2D eigenvalue weighted by molar-refractivity contribution is -0.118. The smallest absolute Gasteiger partial charge is 0.167 e. The van der Waals surface area contributed by atoms with Gasteiger partial charge in [-0.3, -0.25) is 9.89 Å². The number of aromatic nitrogens is 2. The van der Waals surface area contributed by atoms with Gasteiger partial charge in [0.15, 0.2) is 11.5 Å². The van der Waals surface area contributed by atoms with Gasteiger partial charge in [-0.2, -0.15) is 5.10 Å². The van der Waals surface area contributed by atoms with Crippen LogP contribution in [0, 0.1) is 0 Å². The van der Waals surface area contributed by atoms with Crippen LogP contribution in [0.15, 0.2) is 12.4 Å². The van der Waals surface area contributed by atoms with Gasteiger partial charge in [-0.1, -0.05) is 0 Å². The summed E-state index contributed by atoms with van der Waals surface area (Å²) in [5, 5.41) is 6.21. The van der Waals surface area contributed by atoms with E-state index in [1.807, 2.05) is 0 Å². The molecule has 1 heterocycles. The van der Waals surface area contributed by atoms with E-state index in [9.17, 15) is 4.79 Å². The Labute approximate surface area is 58.2 Å². The molecule has 1 aromatic rings. The van der Waals surface area contributed by atoms with Crippen LogP contribution in [0.4, 0.5) is 0 Å². The Hall–Kier alpha value is -1.32. The molecule has 0 aromatic carbocycles. The molecule has 0 saturated carbocycles. The van der Waals surface area contributed by atoms with Crippen molar-refractivity contribution in [3.63, 3.8) is 0 Å². The molecule has 0 amide bonds. The molecule has 4 nitrogen and oxygen atoms in total. The minimum Gasteiger partial charge on any atom is -0.483 e. The Kier molecular flexibility index (Phi) is 2.04. The topological polar surface area (TPSA) is 55.0 Å². The number of hydrogen-bond acceptors (Lipinski definition) is 3. The largest absolute Gasteiger partial charge is 0.483 e. The monoisotopic (exact) mass is 140 g/mol. The van der Waals surface area contributed by atoms with Gasteiger partial charge in [0.05, 0.1) is 12.4 Å². The molecule has 1 aromatic heterocycles. The van der Waals surface area contributed by atoms with Crippen molar-refractivity contribution in [2.75, 3.05) is 6.61 Å². The van der Waals surface area contributed by atoms with Gasteiger partial charge >= 0.3 is 0 Å². The average molecular weight is 140 g/mol. The van der Waals surface area contributed by atoms with Crippen molar-refractivity contribution in [3.8, 4) is 5.75 Å². The predicted molar refractivity (Wildman–Crippen MR) is 34.8 cm³/mol. The van der Waals surface area contributed by atoms with Crippen molar-refractivity contribution in [2.45, 2.75) is 6.92 Å². The fourth-order valence-corrected chi connectivity index (χ4v) is 0.503. The van der Waals surface area contributed by atoms with Gasteiger partial charge in [0, 0.05) is 0 Å². The van der Waals surface area contributed by atoms with E-state index < -0.39 is 0 Å². The zero-order valence-electron chi connectivity index (χ0n) is 5.63. The molecule has 1 N–H and O–H groups in total. The Morgan fingerprint density at radius 2 is 2.70 bits per heavy atom. The molecule has 0 aliphatic rings. The first-order valence-corrected chi connectivity index (χ1v) is 2.90. The van der Waals surface area contributed by atoms with Crippen molar-refractivity contribution in [1.29, 1.82) is 0 Å². The number of carbonyl (C=O) groups is 1. The van der Waals surface area contributed by atoms with E-state index in [1.54, 1.807) is 6.20 Å². The van der Waals surface area contributed by atoms with Crippen molar-refractivity contribution >= 4 is 5.78 Å². The summed E-state index contributed by atoms with van der Waals surface area (Å²) in [6.45, 7) is 1.58. The zero-order valence-corrected chi connectivity index (χ0v) is 5.63.